The predicted molar refractivity (Wildman–Crippen MR) is 32.9 cm³/mol. The van der Waals surface area contributed by atoms with Gasteiger partial charge < -0.3 is 10.0 Å². The molecule has 0 aromatic heterocycles. The molecular weight excluding hydrogens is 118 g/mol. The van der Waals surface area contributed by atoms with Crippen molar-refractivity contribution < 1.29 is 9.90 Å². The standard InChI is InChI=1S/C6H9NO2/c1-2-7-4-3-5(7)6(8)9/h2,5H,1,3-4H2,(H,8,9). The Hall–Kier alpha value is -0.990. The number of aliphatic carboxylic acids is 1. The van der Waals surface area contributed by atoms with Crippen molar-refractivity contribution in [1.29, 1.82) is 0 Å². The van der Waals surface area contributed by atoms with Gasteiger partial charge in [0.05, 0.1) is 0 Å². The third-order valence-electron chi connectivity index (χ3n) is 1.58. The van der Waals surface area contributed by atoms with Crippen molar-refractivity contribution in [2.75, 3.05) is 6.54 Å². The molecule has 3 nitrogen and oxygen atoms in total. The molecule has 0 saturated carbocycles. The van der Waals surface area contributed by atoms with Crippen LogP contribution in [-0.2, 0) is 4.79 Å². The number of likely N-dealkylation sites (tertiary alicyclic amines) is 1. The fourth-order valence-electron chi connectivity index (χ4n) is 0.891. The molecule has 0 aromatic carbocycles. The summed E-state index contributed by atoms with van der Waals surface area (Å²) in [6.07, 6.45) is 2.32. The van der Waals surface area contributed by atoms with Gasteiger partial charge in [-0.25, -0.2) is 4.79 Å². The first kappa shape index (κ1) is 6.13. The Morgan fingerprint density at radius 1 is 1.89 bits per heavy atom. The van der Waals surface area contributed by atoms with Crippen LogP contribution in [0.5, 0.6) is 0 Å². The summed E-state index contributed by atoms with van der Waals surface area (Å²) < 4.78 is 0. The molecular formula is C6H9NO2. The predicted octanol–water partition coefficient (Wildman–Crippen LogP) is 0.289. The Labute approximate surface area is 53.6 Å². The molecule has 0 spiro atoms. The number of carbonyl (C=O) groups is 1. The maximum atomic E-state index is 10.3. The second-order valence-electron chi connectivity index (χ2n) is 2.06. The van der Waals surface area contributed by atoms with Crippen molar-refractivity contribution in [3.05, 3.63) is 12.8 Å². The molecule has 1 heterocycles. The molecule has 9 heavy (non-hydrogen) atoms. The second kappa shape index (κ2) is 2.09. The van der Waals surface area contributed by atoms with E-state index in [9.17, 15) is 4.79 Å². The van der Waals surface area contributed by atoms with E-state index in [1.165, 1.54) is 0 Å². The molecule has 1 fully saturated rings. The van der Waals surface area contributed by atoms with E-state index in [0.717, 1.165) is 13.0 Å². The third-order valence-corrected chi connectivity index (χ3v) is 1.58. The first-order chi connectivity index (χ1) is 4.25. The molecule has 0 aromatic rings. The highest BCUT2D eigenvalue weighted by atomic mass is 16.4. The van der Waals surface area contributed by atoms with Crippen molar-refractivity contribution in [2.45, 2.75) is 12.5 Å². The van der Waals surface area contributed by atoms with Crippen LogP contribution < -0.4 is 0 Å². The Balaban J connectivity index is 2.44. The number of hydrogen-bond acceptors (Lipinski definition) is 2. The monoisotopic (exact) mass is 127 g/mol. The lowest BCUT2D eigenvalue weighted by Crippen LogP contribution is -2.48. The van der Waals surface area contributed by atoms with Gasteiger partial charge in [-0.2, -0.15) is 0 Å². The average molecular weight is 127 g/mol. The lowest BCUT2D eigenvalue weighted by atomic mass is 10.1. The molecule has 1 aliphatic heterocycles. The maximum absolute atomic E-state index is 10.3. The summed E-state index contributed by atoms with van der Waals surface area (Å²) in [6, 6.07) is -0.303. The van der Waals surface area contributed by atoms with Crippen LogP contribution in [0.1, 0.15) is 6.42 Å². The molecule has 1 rings (SSSR count). The lowest BCUT2D eigenvalue weighted by molar-refractivity contribution is -0.146. The largest absolute Gasteiger partial charge is 0.480 e. The maximum Gasteiger partial charge on any atom is 0.326 e. The highest BCUT2D eigenvalue weighted by Gasteiger charge is 2.30. The number of rotatable bonds is 2. The summed E-state index contributed by atoms with van der Waals surface area (Å²) in [4.78, 5) is 12.0. The summed E-state index contributed by atoms with van der Waals surface area (Å²) in [7, 11) is 0. The lowest BCUT2D eigenvalue weighted by Gasteiger charge is -2.36. The zero-order chi connectivity index (χ0) is 6.85. The first-order valence-corrected chi connectivity index (χ1v) is 2.87. The molecule has 3 heteroatoms. The molecule has 0 aliphatic carbocycles. The summed E-state index contributed by atoms with van der Waals surface area (Å²) >= 11 is 0. The summed E-state index contributed by atoms with van der Waals surface area (Å²) in [5.74, 6) is -0.749. The van der Waals surface area contributed by atoms with Crippen LogP contribution in [0.4, 0.5) is 0 Å². The first-order valence-electron chi connectivity index (χ1n) is 2.87. The molecule has 50 valence electrons. The number of carboxylic acid groups (broad SMARTS) is 1. The van der Waals surface area contributed by atoms with Crippen LogP contribution in [0.2, 0.25) is 0 Å². The summed E-state index contributed by atoms with van der Waals surface area (Å²) in [5.41, 5.74) is 0. The van der Waals surface area contributed by atoms with E-state index in [2.05, 4.69) is 6.58 Å². The zero-order valence-corrected chi connectivity index (χ0v) is 5.08. The van der Waals surface area contributed by atoms with Crippen LogP contribution in [0.3, 0.4) is 0 Å². The minimum Gasteiger partial charge on any atom is -0.480 e. The molecule has 1 unspecified atom stereocenters. The van der Waals surface area contributed by atoms with Gasteiger partial charge >= 0.3 is 5.97 Å². The van der Waals surface area contributed by atoms with Gasteiger partial charge in [-0.1, -0.05) is 6.58 Å². The molecule has 1 aliphatic rings. The van der Waals surface area contributed by atoms with E-state index in [4.69, 9.17) is 5.11 Å². The van der Waals surface area contributed by atoms with E-state index in [-0.39, 0.29) is 6.04 Å². The average Bonchev–Trinajstić information content (AvgIpc) is 1.61. The van der Waals surface area contributed by atoms with Crippen molar-refractivity contribution in [1.82, 2.24) is 4.90 Å². The van der Waals surface area contributed by atoms with Gasteiger partial charge in [0.15, 0.2) is 0 Å². The minimum atomic E-state index is -0.749. The third kappa shape index (κ3) is 0.896. The van der Waals surface area contributed by atoms with Crippen LogP contribution in [0, 0.1) is 0 Å². The molecule has 0 radical (unpaired) electrons. The van der Waals surface area contributed by atoms with E-state index in [1.807, 2.05) is 0 Å². The molecule has 0 amide bonds. The number of hydrogen-bond donors (Lipinski definition) is 1. The van der Waals surface area contributed by atoms with Gasteiger partial charge in [0.25, 0.3) is 0 Å². The Bertz CT molecular complexity index is 144. The Morgan fingerprint density at radius 2 is 2.56 bits per heavy atom. The van der Waals surface area contributed by atoms with Crippen LogP contribution in [0.15, 0.2) is 12.8 Å². The molecule has 1 atom stereocenters. The van der Waals surface area contributed by atoms with Crippen LogP contribution in [-0.4, -0.2) is 28.6 Å². The zero-order valence-electron chi connectivity index (χ0n) is 5.08. The van der Waals surface area contributed by atoms with E-state index in [1.54, 1.807) is 11.1 Å². The SMILES string of the molecule is C=CN1CCC1C(=O)O. The summed E-state index contributed by atoms with van der Waals surface area (Å²) in [6.45, 7) is 4.31. The van der Waals surface area contributed by atoms with Gasteiger partial charge in [-0.05, 0) is 12.6 Å². The van der Waals surface area contributed by atoms with Gasteiger partial charge in [-0.3, -0.25) is 0 Å². The normalized spacial score (nSPS) is 24.9. The van der Waals surface area contributed by atoms with Crippen molar-refractivity contribution in [2.24, 2.45) is 0 Å². The topological polar surface area (TPSA) is 40.5 Å². The van der Waals surface area contributed by atoms with Crippen LogP contribution in [0.25, 0.3) is 0 Å². The summed E-state index contributed by atoms with van der Waals surface area (Å²) in [5, 5.41) is 8.45. The number of carboxylic acids is 1. The Kier molecular flexibility index (Phi) is 1.42. The van der Waals surface area contributed by atoms with E-state index < -0.39 is 5.97 Å². The van der Waals surface area contributed by atoms with E-state index in [0.29, 0.717) is 0 Å². The second-order valence-corrected chi connectivity index (χ2v) is 2.06. The number of nitrogens with zero attached hydrogens (tertiary/aromatic N) is 1. The Morgan fingerprint density at radius 3 is 2.67 bits per heavy atom. The van der Waals surface area contributed by atoms with Gasteiger partial charge in [0.2, 0.25) is 0 Å². The minimum absolute atomic E-state index is 0.303. The van der Waals surface area contributed by atoms with Crippen molar-refractivity contribution >= 4 is 5.97 Å². The highest BCUT2D eigenvalue weighted by molar-refractivity contribution is 5.74. The highest BCUT2D eigenvalue weighted by Crippen LogP contribution is 2.16. The van der Waals surface area contributed by atoms with E-state index >= 15 is 0 Å². The molecule has 1 N–H and O–H groups in total. The molecule has 0 bridgehead atoms. The smallest absolute Gasteiger partial charge is 0.326 e. The fourth-order valence-corrected chi connectivity index (χ4v) is 0.891. The fraction of sp³-hybridized carbons (Fsp3) is 0.500. The van der Waals surface area contributed by atoms with Gasteiger partial charge in [-0.15, -0.1) is 0 Å². The van der Waals surface area contributed by atoms with Crippen LogP contribution >= 0.6 is 0 Å². The van der Waals surface area contributed by atoms with Crippen molar-refractivity contribution in [3.8, 4) is 0 Å². The van der Waals surface area contributed by atoms with Crippen molar-refractivity contribution in [3.63, 3.8) is 0 Å². The van der Waals surface area contributed by atoms with Gasteiger partial charge in [0.1, 0.15) is 6.04 Å². The quantitative estimate of drug-likeness (QED) is 0.579. The van der Waals surface area contributed by atoms with Gasteiger partial charge in [0, 0.05) is 6.54 Å². The molecule has 1 saturated heterocycles.